The number of amides is 3. The van der Waals surface area contributed by atoms with Crippen molar-refractivity contribution >= 4 is 28.6 Å². The number of likely N-dealkylation sites (tertiary alicyclic amines) is 2. The molecule has 36 heavy (non-hydrogen) atoms. The van der Waals surface area contributed by atoms with Crippen LogP contribution < -0.4 is 10.6 Å². The second-order valence-corrected chi connectivity index (χ2v) is 9.12. The van der Waals surface area contributed by atoms with E-state index >= 15 is 0 Å². The van der Waals surface area contributed by atoms with Gasteiger partial charge in [-0.2, -0.15) is 0 Å². The summed E-state index contributed by atoms with van der Waals surface area (Å²) in [4.78, 5) is 45.4. The number of hydrogen-bond acceptors (Lipinski definition) is 5. The summed E-state index contributed by atoms with van der Waals surface area (Å²) in [6.45, 7) is 8.18. The van der Waals surface area contributed by atoms with Crippen LogP contribution in [-0.4, -0.2) is 90.5 Å². The lowest BCUT2D eigenvalue weighted by molar-refractivity contribution is -0.139. The summed E-state index contributed by atoms with van der Waals surface area (Å²) in [6, 6.07) is 2.84. The number of aromatic nitrogens is 1. The molecule has 5 atom stereocenters. The van der Waals surface area contributed by atoms with Crippen molar-refractivity contribution in [1.29, 1.82) is 0 Å². The van der Waals surface area contributed by atoms with Gasteiger partial charge in [0.05, 0.1) is 24.7 Å². The third kappa shape index (κ3) is 5.24. The normalized spacial score (nSPS) is 22.6. The molecule has 2 aliphatic heterocycles. The number of methoxy groups -OCH3 is 1. The largest absolute Gasteiger partial charge is 0.382 e. The Bertz CT molecular complexity index is 1090. The standard InChI is InChI=1S/C24H32FN5O4.C2H6/c1-13(26-3)23(32)28-20(12-34-4)24(33)29-8-7-21-22(29)18(11-30(21)14(2)31)17-10-27-19-6-5-15(25)9-16(17)19;1-2/h5-6,9-10,13,18,20-22,26-27H,7-8,11-12H2,1-4H3,(H,28,32);1-2H3/t13-,18+,20?,21+,22?;/m0./s1. The molecule has 0 bridgehead atoms. The van der Waals surface area contributed by atoms with E-state index in [0.717, 1.165) is 16.5 Å². The van der Waals surface area contributed by atoms with Crippen molar-refractivity contribution in [3.05, 3.63) is 35.8 Å². The number of H-pyrrole nitrogens is 1. The molecule has 9 nitrogen and oxygen atoms in total. The summed E-state index contributed by atoms with van der Waals surface area (Å²) in [5.41, 5.74) is 1.68. The van der Waals surface area contributed by atoms with Gasteiger partial charge in [-0.1, -0.05) is 13.8 Å². The highest BCUT2D eigenvalue weighted by molar-refractivity contribution is 5.91. The SMILES string of the molecule is CC.CN[C@@H](C)C(=O)NC(COC)C(=O)N1CC[C@@H]2C1[C@@H](c1c[nH]c3ccc(F)cc13)CN2C(C)=O. The van der Waals surface area contributed by atoms with Crippen LogP contribution in [0, 0.1) is 5.82 Å². The molecule has 0 saturated carbocycles. The molecule has 4 rings (SSSR count). The maximum Gasteiger partial charge on any atom is 0.247 e. The number of hydrogen-bond donors (Lipinski definition) is 3. The van der Waals surface area contributed by atoms with Crippen LogP contribution in [0.5, 0.6) is 0 Å². The van der Waals surface area contributed by atoms with E-state index in [1.165, 1.54) is 26.2 Å². The van der Waals surface area contributed by atoms with Gasteiger partial charge < -0.3 is 30.2 Å². The molecule has 10 heteroatoms. The maximum absolute atomic E-state index is 14.1. The van der Waals surface area contributed by atoms with Crippen molar-refractivity contribution < 1.29 is 23.5 Å². The Hall–Kier alpha value is -2.98. The minimum atomic E-state index is -0.848. The summed E-state index contributed by atoms with van der Waals surface area (Å²) in [5.74, 6) is -1.12. The summed E-state index contributed by atoms with van der Waals surface area (Å²) in [6.07, 6.45) is 2.49. The third-order valence-electron chi connectivity index (χ3n) is 7.16. The van der Waals surface area contributed by atoms with E-state index in [-0.39, 0.29) is 48.1 Å². The molecular formula is C26H38FN5O4. The van der Waals surface area contributed by atoms with Crippen LogP contribution >= 0.6 is 0 Å². The lowest BCUT2D eigenvalue weighted by Crippen LogP contribution is -2.56. The molecule has 0 spiro atoms. The van der Waals surface area contributed by atoms with Crippen molar-refractivity contribution in [2.75, 3.05) is 33.9 Å². The smallest absolute Gasteiger partial charge is 0.247 e. The topological polar surface area (TPSA) is 107 Å². The number of likely N-dealkylation sites (N-methyl/N-ethyl adjacent to an activating group) is 1. The van der Waals surface area contributed by atoms with Crippen molar-refractivity contribution in [2.24, 2.45) is 0 Å². The highest BCUT2D eigenvalue weighted by Gasteiger charge is 2.52. The van der Waals surface area contributed by atoms with Crippen LogP contribution in [0.2, 0.25) is 0 Å². The molecule has 1 aromatic heterocycles. The second-order valence-electron chi connectivity index (χ2n) is 9.12. The Labute approximate surface area is 211 Å². The summed E-state index contributed by atoms with van der Waals surface area (Å²) in [5, 5.41) is 6.41. The van der Waals surface area contributed by atoms with Gasteiger partial charge in [0.25, 0.3) is 0 Å². The number of ether oxygens (including phenoxy) is 1. The van der Waals surface area contributed by atoms with Gasteiger partial charge in [-0.05, 0) is 44.2 Å². The van der Waals surface area contributed by atoms with Crippen LogP contribution in [0.1, 0.15) is 45.6 Å². The zero-order valence-corrected chi connectivity index (χ0v) is 21.9. The van der Waals surface area contributed by atoms with E-state index in [4.69, 9.17) is 4.74 Å². The molecule has 198 valence electrons. The highest BCUT2D eigenvalue weighted by atomic mass is 19.1. The first-order valence-electron chi connectivity index (χ1n) is 12.6. The van der Waals surface area contributed by atoms with E-state index in [0.29, 0.717) is 19.5 Å². The number of carbonyl (C=O) groups excluding carboxylic acids is 3. The number of nitrogens with one attached hydrogen (secondary N) is 3. The van der Waals surface area contributed by atoms with Gasteiger partial charge in [0, 0.05) is 50.1 Å². The molecular weight excluding hydrogens is 465 g/mol. The van der Waals surface area contributed by atoms with E-state index in [1.807, 2.05) is 24.9 Å². The average Bonchev–Trinajstić information content (AvgIpc) is 3.57. The molecule has 2 aliphatic rings. The molecule has 1 aromatic carbocycles. The van der Waals surface area contributed by atoms with Gasteiger partial charge in [-0.25, -0.2) is 4.39 Å². The van der Waals surface area contributed by atoms with Crippen molar-refractivity contribution in [2.45, 2.75) is 64.2 Å². The molecule has 2 saturated heterocycles. The van der Waals surface area contributed by atoms with E-state index < -0.39 is 12.1 Å². The van der Waals surface area contributed by atoms with Gasteiger partial charge in [0.2, 0.25) is 17.7 Å². The van der Waals surface area contributed by atoms with Gasteiger partial charge in [-0.3, -0.25) is 14.4 Å². The Balaban J connectivity index is 0.00000176. The Morgan fingerprint density at radius 1 is 1.25 bits per heavy atom. The van der Waals surface area contributed by atoms with Crippen LogP contribution in [-0.2, 0) is 19.1 Å². The number of benzene rings is 1. The average molecular weight is 504 g/mol. The number of carbonyl (C=O) groups is 3. The minimum absolute atomic E-state index is 0.0360. The van der Waals surface area contributed by atoms with Gasteiger partial charge in [0.1, 0.15) is 11.9 Å². The van der Waals surface area contributed by atoms with Gasteiger partial charge in [0.15, 0.2) is 0 Å². The second kappa shape index (κ2) is 11.8. The van der Waals surface area contributed by atoms with Crippen LogP contribution in [0.3, 0.4) is 0 Å². The van der Waals surface area contributed by atoms with Gasteiger partial charge in [-0.15, -0.1) is 0 Å². The van der Waals surface area contributed by atoms with E-state index in [2.05, 4.69) is 15.6 Å². The first kappa shape index (κ1) is 27.6. The van der Waals surface area contributed by atoms with E-state index in [9.17, 15) is 18.8 Å². The van der Waals surface area contributed by atoms with Crippen LogP contribution in [0.4, 0.5) is 4.39 Å². The first-order chi connectivity index (χ1) is 17.3. The Morgan fingerprint density at radius 2 is 1.97 bits per heavy atom. The molecule has 2 fully saturated rings. The van der Waals surface area contributed by atoms with E-state index in [1.54, 1.807) is 24.9 Å². The third-order valence-corrected chi connectivity index (χ3v) is 7.16. The Kier molecular flexibility index (Phi) is 9.08. The number of rotatable bonds is 7. The molecule has 3 N–H and O–H groups in total. The fraction of sp³-hybridized carbons (Fsp3) is 0.577. The predicted molar refractivity (Wildman–Crippen MR) is 136 cm³/mol. The zero-order chi connectivity index (χ0) is 26.6. The summed E-state index contributed by atoms with van der Waals surface area (Å²) >= 11 is 0. The van der Waals surface area contributed by atoms with Crippen molar-refractivity contribution in [1.82, 2.24) is 25.4 Å². The predicted octanol–water partition coefficient (Wildman–Crippen LogP) is 1.99. The quantitative estimate of drug-likeness (QED) is 0.536. The fourth-order valence-corrected chi connectivity index (χ4v) is 5.37. The monoisotopic (exact) mass is 503 g/mol. The molecule has 2 aromatic rings. The zero-order valence-electron chi connectivity index (χ0n) is 21.9. The van der Waals surface area contributed by atoms with Crippen molar-refractivity contribution in [3.8, 4) is 0 Å². The van der Waals surface area contributed by atoms with Crippen LogP contribution in [0.15, 0.2) is 24.4 Å². The number of aromatic amines is 1. The maximum atomic E-state index is 14.1. The summed E-state index contributed by atoms with van der Waals surface area (Å²) in [7, 11) is 3.16. The minimum Gasteiger partial charge on any atom is -0.382 e. The highest BCUT2D eigenvalue weighted by Crippen LogP contribution is 2.43. The number of fused-ring (bicyclic) bond motifs is 2. The number of nitrogens with zero attached hydrogens (tertiary/aromatic N) is 2. The molecule has 3 heterocycles. The first-order valence-corrected chi connectivity index (χ1v) is 12.6. The lowest BCUT2D eigenvalue weighted by Gasteiger charge is -2.32. The Morgan fingerprint density at radius 3 is 2.61 bits per heavy atom. The number of halogens is 1. The lowest BCUT2D eigenvalue weighted by atomic mass is 9.91. The summed E-state index contributed by atoms with van der Waals surface area (Å²) < 4.78 is 19.3. The van der Waals surface area contributed by atoms with Gasteiger partial charge >= 0.3 is 0 Å². The molecule has 0 aliphatic carbocycles. The fourth-order valence-electron chi connectivity index (χ4n) is 5.37. The molecule has 3 amide bonds. The van der Waals surface area contributed by atoms with Crippen molar-refractivity contribution in [3.63, 3.8) is 0 Å². The van der Waals surface area contributed by atoms with Crippen LogP contribution in [0.25, 0.3) is 10.9 Å². The molecule has 0 radical (unpaired) electrons. The molecule has 2 unspecified atom stereocenters.